The molecular weight excluding hydrogens is 244 g/mol. The van der Waals surface area contributed by atoms with E-state index in [2.05, 4.69) is 23.7 Å². The summed E-state index contributed by atoms with van der Waals surface area (Å²) in [5.74, 6) is 0.212. The van der Waals surface area contributed by atoms with Gasteiger partial charge in [0.15, 0.2) is 0 Å². The summed E-state index contributed by atoms with van der Waals surface area (Å²) in [6, 6.07) is 8.17. The smallest absolute Gasteiger partial charge is 0.241 e. The van der Waals surface area contributed by atoms with Gasteiger partial charge in [0.2, 0.25) is 5.91 Å². The molecule has 1 N–H and O–H groups in total. The first-order valence-electron chi connectivity index (χ1n) is 6.45. The zero-order valence-corrected chi connectivity index (χ0v) is 11.6. The number of hydrogen-bond donors (Lipinski definition) is 1. The van der Waals surface area contributed by atoms with Crippen LogP contribution < -0.4 is 5.32 Å². The Balaban J connectivity index is 1.84. The van der Waals surface area contributed by atoms with Gasteiger partial charge in [-0.15, -0.1) is 11.8 Å². The van der Waals surface area contributed by atoms with Crippen LogP contribution in [0.3, 0.4) is 0 Å². The van der Waals surface area contributed by atoms with Gasteiger partial charge in [0.1, 0.15) is 0 Å². The number of benzene rings is 1. The summed E-state index contributed by atoms with van der Waals surface area (Å²) < 4.78 is 0. The van der Waals surface area contributed by atoms with E-state index in [1.165, 1.54) is 11.3 Å². The van der Waals surface area contributed by atoms with Gasteiger partial charge < -0.3 is 10.2 Å². The van der Waals surface area contributed by atoms with E-state index in [0.29, 0.717) is 6.54 Å². The Hall–Kier alpha value is -1.16. The zero-order chi connectivity index (χ0) is 12.8. The van der Waals surface area contributed by atoms with Crippen molar-refractivity contribution in [3.8, 4) is 0 Å². The van der Waals surface area contributed by atoms with E-state index in [1.807, 2.05) is 17.0 Å². The van der Waals surface area contributed by atoms with Crippen LogP contribution in [0.5, 0.6) is 0 Å². The normalized spacial score (nSPS) is 15.5. The molecule has 18 heavy (non-hydrogen) atoms. The molecule has 4 heteroatoms. The van der Waals surface area contributed by atoms with Gasteiger partial charge in [-0.05, 0) is 43.7 Å². The molecule has 0 spiro atoms. The van der Waals surface area contributed by atoms with E-state index >= 15 is 0 Å². The third kappa shape index (κ3) is 3.67. The van der Waals surface area contributed by atoms with Gasteiger partial charge >= 0.3 is 0 Å². The summed E-state index contributed by atoms with van der Waals surface area (Å²) in [5, 5.41) is 3.21. The molecule has 1 fully saturated rings. The van der Waals surface area contributed by atoms with E-state index in [1.54, 1.807) is 11.8 Å². The van der Waals surface area contributed by atoms with Crippen molar-refractivity contribution in [2.24, 2.45) is 0 Å². The van der Waals surface area contributed by atoms with Crippen molar-refractivity contribution in [2.45, 2.75) is 24.2 Å². The van der Waals surface area contributed by atoms with Crippen molar-refractivity contribution >= 4 is 23.4 Å². The van der Waals surface area contributed by atoms with Gasteiger partial charge in [0.25, 0.3) is 0 Å². The number of hydrogen-bond acceptors (Lipinski definition) is 3. The van der Waals surface area contributed by atoms with Gasteiger partial charge in [0.05, 0.1) is 6.54 Å². The molecule has 2 rings (SSSR count). The average Bonchev–Trinajstić information content (AvgIpc) is 2.46. The molecule has 0 saturated carbocycles. The van der Waals surface area contributed by atoms with E-state index in [9.17, 15) is 4.79 Å². The topological polar surface area (TPSA) is 32.3 Å². The molecule has 0 unspecified atom stereocenters. The maximum absolute atomic E-state index is 12.0. The number of carbonyl (C=O) groups excluding carboxylic acids is 1. The molecule has 1 aliphatic rings. The van der Waals surface area contributed by atoms with E-state index in [0.717, 1.165) is 31.6 Å². The number of thioether (sulfide) groups is 1. The van der Waals surface area contributed by atoms with E-state index in [4.69, 9.17) is 0 Å². The van der Waals surface area contributed by atoms with Gasteiger partial charge in [-0.1, -0.05) is 6.07 Å². The van der Waals surface area contributed by atoms with Crippen LogP contribution in [0.15, 0.2) is 29.2 Å². The summed E-state index contributed by atoms with van der Waals surface area (Å²) in [6.45, 7) is 2.24. The Morgan fingerprint density at radius 3 is 2.83 bits per heavy atom. The molecule has 1 aliphatic heterocycles. The first-order valence-corrected chi connectivity index (χ1v) is 7.68. The second kappa shape index (κ2) is 6.69. The lowest BCUT2D eigenvalue weighted by atomic mass is 10.1. The summed E-state index contributed by atoms with van der Waals surface area (Å²) in [5.41, 5.74) is 1.02. The highest BCUT2D eigenvalue weighted by Gasteiger charge is 2.15. The van der Waals surface area contributed by atoms with Gasteiger partial charge in [-0.2, -0.15) is 0 Å². The molecule has 1 aromatic carbocycles. The lowest BCUT2D eigenvalue weighted by molar-refractivity contribution is -0.130. The molecule has 1 saturated heterocycles. The molecule has 1 amide bonds. The van der Waals surface area contributed by atoms with Crippen LogP contribution in [-0.4, -0.2) is 36.7 Å². The van der Waals surface area contributed by atoms with Crippen molar-refractivity contribution in [2.75, 3.05) is 31.2 Å². The fourth-order valence-electron chi connectivity index (χ4n) is 2.17. The predicted molar refractivity (Wildman–Crippen MR) is 77.1 cm³/mol. The van der Waals surface area contributed by atoms with Crippen LogP contribution in [0.2, 0.25) is 0 Å². The molecule has 0 bridgehead atoms. The molecule has 0 aliphatic carbocycles. The third-order valence-corrected chi connectivity index (χ3v) is 3.95. The Bertz CT molecular complexity index is 403. The molecule has 1 heterocycles. The van der Waals surface area contributed by atoms with Gasteiger partial charge in [-0.3, -0.25) is 4.79 Å². The summed E-state index contributed by atoms with van der Waals surface area (Å²) in [7, 11) is 0. The van der Waals surface area contributed by atoms with Crippen molar-refractivity contribution in [1.82, 2.24) is 4.90 Å². The second-order valence-corrected chi connectivity index (χ2v) is 5.41. The molecule has 1 aromatic rings. The quantitative estimate of drug-likeness (QED) is 0.849. The largest absolute Gasteiger partial charge is 0.376 e. The SMILES string of the molecule is CSc1cccc(NCC(=O)N2CCCCC2)c1. The highest BCUT2D eigenvalue weighted by atomic mass is 32.2. The van der Waals surface area contributed by atoms with Gasteiger partial charge in [0, 0.05) is 23.7 Å². The summed E-state index contributed by atoms with van der Waals surface area (Å²) in [4.78, 5) is 15.2. The lowest BCUT2D eigenvalue weighted by Crippen LogP contribution is -2.39. The number of likely N-dealkylation sites (tertiary alicyclic amines) is 1. The Kier molecular flexibility index (Phi) is 4.93. The summed E-state index contributed by atoms with van der Waals surface area (Å²) >= 11 is 1.71. The molecule has 0 aromatic heterocycles. The monoisotopic (exact) mass is 264 g/mol. The number of piperidine rings is 1. The third-order valence-electron chi connectivity index (χ3n) is 3.22. The highest BCUT2D eigenvalue weighted by Crippen LogP contribution is 2.18. The maximum atomic E-state index is 12.0. The average molecular weight is 264 g/mol. The lowest BCUT2D eigenvalue weighted by Gasteiger charge is -2.26. The minimum absolute atomic E-state index is 0.212. The minimum Gasteiger partial charge on any atom is -0.376 e. The Morgan fingerprint density at radius 1 is 1.33 bits per heavy atom. The van der Waals surface area contributed by atoms with Gasteiger partial charge in [-0.25, -0.2) is 0 Å². The number of nitrogens with zero attached hydrogens (tertiary/aromatic N) is 1. The molecular formula is C14H20N2OS. The van der Waals surface area contributed by atoms with Crippen molar-refractivity contribution in [3.05, 3.63) is 24.3 Å². The number of nitrogens with one attached hydrogen (secondary N) is 1. The number of amides is 1. The van der Waals surface area contributed by atoms with Crippen LogP contribution >= 0.6 is 11.8 Å². The molecule has 3 nitrogen and oxygen atoms in total. The van der Waals surface area contributed by atoms with E-state index < -0.39 is 0 Å². The fraction of sp³-hybridized carbons (Fsp3) is 0.500. The molecule has 0 radical (unpaired) electrons. The standard InChI is InChI=1S/C14H20N2OS/c1-18-13-7-5-6-12(10-13)15-11-14(17)16-8-3-2-4-9-16/h5-7,10,15H,2-4,8-9,11H2,1H3. The number of anilines is 1. The Morgan fingerprint density at radius 2 is 2.11 bits per heavy atom. The van der Waals surface area contributed by atoms with Crippen molar-refractivity contribution < 1.29 is 4.79 Å². The maximum Gasteiger partial charge on any atom is 0.241 e. The molecule has 0 atom stereocenters. The van der Waals surface area contributed by atoms with Crippen LogP contribution in [0, 0.1) is 0 Å². The Labute approximate surface area is 113 Å². The minimum atomic E-state index is 0.212. The summed E-state index contributed by atoms with van der Waals surface area (Å²) in [6.07, 6.45) is 5.60. The van der Waals surface area contributed by atoms with Crippen LogP contribution in [0.4, 0.5) is 5.69 Å². The fourth-order valence-corrected chi connectivity index (χ4v) is 2.63. The van der Waals surface area contributed by atoms with Crippen molar-refractivity contribution in [3.63, 3.8) is 0 Å². The first kappa shape index (κ1) is 13.3. The van der Waals surface area contributed by atoms with E-state index in [-0.39, 0.29) is 5.91 Å². The second-order valence-electron chi connectivity index (χ2n) is 4.53. The molecule has 98 valence electrons. The highest BCUT2D eigenvalue weighted by molar-refractivity contribution is 7.98. The predicted octanol–water partition coefficient (Wildman–Crippen LogP) is 2.83. The first-order chi connectivity index (χ1) is 8.79. The zero-order valence-electron chi connectivity index (χ0n) is 10.8. The van der Waals surface area contributed by atoms with Crippen molar-refractivity contribution in [1.29, 1.82) is 0 Å². The van der Waals surface area contributed by atoms with Crippen LogP contribution in [-0.2, 0) is 4.79 Å². The van der Waals surface area contributed by atoms with Crippen LogP contribution in [0.25, 0.3) is 0 Å². The number of carbonyl (C=O) groups is 1. The van der Waals surface area contributed by atoms with Crippen LogP contribution in [0.1, 0.15) is 19.3 Å². The number of rotatable bonds is 4.